The minimum Gasteiger partial charge on any atom is -0.488 e. The Labute approximate surface area is 152 Å². The first kappa shape index (κ1) is 17.9. The molecule has 0 bridgehead atoms. The molecule has 0 heterocycles. The normalized spacial score (nSPS) is 10.6. The van der Waals surface area contributed by atoms with Crippen molar-refractivity contribution < 1.29 is 19.2 Å². The van der Waals surface area contributed by atoms with Gasteiger partial charge in [-0.25, -0.2) is 4.79 Å². The van der Waals surface area contributed by atoms with E-state index >= 15 is 0 Å². The monoisotopic (exact) mass is 439 g/mol. The summed E-state index contributed by atoms with van der Waals surface area (Å²) in [7, 11) is 1.32. The van der Waals surface area contributed by atoms with E-state index in [0.717, 1.165) is 14.7 Å². The molecule has 2 aromatic rings. The Kier molecular flexibility index (Phi) is 6.30. The molecule has 7 heteroatoms. The van der Waals surface area contributed by atoms with E-state index in [0.29, 0.717) is 12.4 Å². The van der Waals surface area contributed by atoms with Crippen molar-refractivity contribution in [3.8, 4) is 5.75 Å². The Hall–Kier alpha value is -2.42. The van der Waals surface area contributed by atoms with Gasteiger partial charge in [0.05, 0.1) is 15.6 Å². The minimum absolute atomic E-state index is 0.0510. The molecule has 0 aliphatic rings. The van der Waals surface area contributed by atoms with Crippen molar-refractivity contribution in [3.63, 3.8) is 0 Å². The molecule has 124 valence electrons. The number of carbonyl (C=O) groups excluding carboxylic acids is 1. The number of hydrogen-bond acceptors (Lipinski definition) is 5. The van der Waals surface area contributed by atoms with Gasteiger partial charge >= 0.3 is 5.97 Å². The van der Waals surface area contributed by atoms with Crippen LogP contribution in [0.2, 0.25) is 0 Å². The van der Waals surface area contributed by atoms with Crippen LogP contribution in [0, 0.1) is 13.7 Å². The molecule has 0 radical (unpaired) electrons. The fourth-order valence-corrected chi connectivity index (χ4v) is 2.54. The van der Waals surface area contributed by atoms with Crippen LogP contribution in [0.4, 0.5) is 5.69 Å². The molecule has 0 aliphatic carbocycles. The largest absolute Gasteiger partial charge is 0.488 e. The van der Waals surface area contributed by atoms with E-state index in [1.54, 1.807) is 18.2 Å². The third kappa shape index (κ3) is 5.05. The molecule has 0 unspecified atom stereocenters. The maximum absolute atomic E-state index is 11.1. The lowest BCUT2D eigenvalue weighted by atomic mass is 10.2. The first-order valence-electron chi connectivity index (χ1n) is 6.91. The predicted octanol–water partition coefficient (Wildman–Crippen LogP) is 3.96. The highest BCUT2D eigenvalue weighted by molar-refractivity contribution is 14.1. The molecule has 0 N–H and O–H groups in total. The summed E-state index contributed by atoms with van der Waals surface area (Å²) in [4.78, 5) is 21.3. The number of halogens is 1. The minimum atomic E-state index is -0.436. The Morgan fingerprint density at radius 3 is 2.54 bits per heavy atom. The van der Waals surface area contributed by atoms with Crippen LogP contribution in [0.15, 0.2) is 48.5 Å². The summed E-state index contributed by atoms with van der Waals surface area (Å²) in [5, 5.41) is 10.6. The zero-order valence-corrected chi connectivity index (χ0v) is 14.9. The number of nitro groups is 1. The van der Waals surface area contributed by atoms with Crippen molar-refractivity contribution in [1.29, 1.82) is 0 Å². The SMILES string of the molecule is COC(=O)/C=C/c1ccc(OCc2ccc([N+](=O)[O-])cc2)c(I)c1. The highest BCUT2D eigenvalue weighted by atomic mass is 127. The van der Waals surface area contributed by atoms with Gasteiger partial charge in [0.2, 0.25) is 0 Å². The Bertz CT molecular complexity index is 771. The summed E-state index contributed by atoms with van der Waals surface area (Å²) < 4.78 is 11.2. The van der Waals surface area contributed by atoms with Gasteiger partial charge in [-0.3, -0.25) is 10.1 Å². The number of nitrogens with zero attached hydrogens (tertiary/aromatic N) is 1. The summed E-state index contributed by atoms with van der Waals surface area (Å²) >= 11 is 2.14. The lowest BCUT2D eigenvalue weighted by Gasteiger charge is -2.09. The summed E-state index contributed by atoms with van der Waals surface area (Å²) in [6.45, 7) is 0.311. The number of hydrogen-bond donors (Lipinski definition) is 0. The first-order valence-corrected chi connectivity index (χ1v) is 7.99. The van der Waals surface area contributed by atoms with E-state index in [4.69, 9.17) is 4.74 Å². The van der Waals surface area contributed by atoms with Gasteiger partial charge < -0.3 is 9.47 Å². The molecule has 6 nitrogen and oxygen atoms in total. The molecule has 0 amide bonds. The van der Waals surface area contributed by atoms with Crippen LogP contribution in [0.25, 0.3) is 6.08 Å². The van der Waals surface area contributed by atoms with Crippen LogP contribution in [0.5, 0.6) is 5.75 Å². The molecule has 0 aliphatic heterocycles. The summed E-state index contributed by atoms with van der Waals surface area (Å²) in [5.74, 6) is 0.285. The smallest absolute Gasteiger partial charge is 0.330 e. The second kappa shape index (κ2) is 8.44. The Morgan fingerprint density at radius 1 is 1.25 bits per heavy atom. The number of methoxy groups -OCH3 is 1. The highest BCUT2D eigenvalue weighted by Gasteiger charge is 2.06. The Balaban J connectivity index is 2.01. The number of nitro benzene ring substituents is 1. The molecule has 0 fully saturated rings. The zero-order valence-electron chi connectivity index (χ0n) is 12.8. The van der Waals surface area contributed by atoms with Gasteiger partial charge in [-0.2, -0.15) is 0 Å². The topological polar surface area (TPSA) is 78.7 Å². The van der Waals surface area contributed by atoms with Crippen LogP contribution in [0.3, 0.4) is 0 Å². The van der Waals surface area contributed by atoms with Crippen molar-refractivity contribution >= 4 is 40.3 Å². The van der Waals surface area contributed by atoms with E-state index < -0.39 is 10.9 Å². The standard InChI is InChI=1S/C17H14INO5/c1-23-17(20)9-5-12-4-8-16(15(18)10-12)24-11-13-2-6-14(7-3-13)19(21)22/h2-10H,11H2,1H3/b9-5+. The molecular formula is C17H14INO5. The average Bonchev–Trinajstić information content (AvgIpc) is 2.59. The third-order valence-corrected chi connectivity index (χ3v) is 3.95. The number of non-ortho nitro benzene ring substituents is 1. The molecule has 24 heavy (non-hydrogen) atoms. The second-order valence-corrected chi connectivity index (χ2v) is 5.92. The van der Waals surface area contributed by atoms with Gasteiger partial charge in [0.15, 0.2) is 0 Å². The van der Waals surface area contributed by atoms with Gasteiger partial charge in [-0.15, -0.1) is 0 Å². The summed E-state index contributed by atoms with van der Waals surface area (Å²) in [6.07, 6.45) is 3.01. The van der Waals surface area contributed by atoms with E-state index in [-0.39, 0.29) is 5.69 Å². The molecule has 2 aromatic carbocycles. The first-order chi connectivity index (χ1) is 11.5. The number of esters is 1. The van der Waals surface area contributed by atoms with E-state index in [9.17, 15) is 14.9 Å². The molecule has 0 saturated carbocycles. The van der Waals surface area contributed by atoms with Crippen LogP contribution < -0.4 is 4.74 Å². The van der Waals surface area contributed by atoms with Gasteiger partial charge in [0, 0.05) is 18.2 Å². The second-order valence-electron chi connectivity index (χ2n) is 4.76. The lowest BCUT2D eigenvalue weighted by Crippen LogP contribution is -1.98. The number of benzene rings is 2. The van der Waals surface area contributed by atoms with E-state index in [1.165, 1.54) is 25.3 Å². The molecule has 0 aromatic heterocycles. The van der Waals surface area contributed by atoms with Crippen molar-refractivity contribution in [2.75, 3.05) is 7.11 Å². The average molecular weight is 439 g/mol. The van der Waals surface area contributed by atoms with Gasteiger partial charge in [0.25, 0.3) is 5.69 Å². The predicted molar refractivity (Wildman–Crippen MR) is 97.6 cm³/mol. The van der Waals surface area contributed by atoms with Crippen LogP contribution in [-0.4, -0.2) is 18.0 Å². The maximum Gasteiger partial charge on any atom is 0.330 e. The highest BCUT2D eigenvalue weighted by Crippen LogP contribution is 2.24. The summed E-state index contributed by atoms with van der Waals surface area (Å²) in [5.41, 5.74) is 1.74. The molecule has 2 rings (SSSR count). The van der Waals surface area contributed by atoms with Gasteiger partial charge in [0.1, 0.15) is 12.4 Å². The molecule has 0 atom stereocenters. The maximum atomic E-state index is 11.1. The van der Waals surface area contributed by atoms with Crippen molar-refractivity contribution in [2.45, 2.75) is 6.61 Å². The summed E-state index contributed by atoms with van der Waals surface area (Å²) in [6, 6.07) is 11.7. The zero-order chi connectivity index (χ0) is 17.5. The fourth-order valence-electron chi connectivity index (χ4n) is 1.85. The van der Waals surface area contributed by atoms with Crippen molar-refractivity contribution in [1.82, 2.24) is 0 Å². The van der Waals surface area contributed by atoms with Crippen molar-refractivity contribution in [2.24, 2.45) is 0 Å². The van der Waals surface area contributed by atoms with Crippen LogP contribution >= 0.6 is 22.6 Å². The quantitative estimate of drug-likeness (QED) is 0.224. The number of rotatable bonds is 6. The van der Waals surface area contributed by atoms with Crippen LogP contribution in [0.1, 0.15) is 11.1 Å². The molecular weight excluding hydrogens is 425 g/mol. The van der Waals surface area contributed by atoms with E-state index in [2.05, 4.69) is 27.3 Å². The van der Waals surface area contributed by atoms with E-state index in [1.807, 2.05) is 18.2 Å². The fraction of sp³-hybridized carbons (Fsp3) is 0.118. The Morgan fingerprint density at radius 2 is 1.96 bits per heavy atom. The number of carbonyl (C=O) groups is 1. The number of ether oxygens (including phenoxy) is 2. The lowest BCUT2D eigenvalue weighted by molar-refractivity contribution is -0.384. The van der Waals surface area contributed by atoms with Gasteiger partial charge in [-0.05, 0) is 64.1 Å². The van der Waals surface area contributed by atoms with Crippen LogP contribution in [-0.2, 0) is 16.1 Å². The van der Waals surface area contributed by atoms with Gasteiger partial charge in [-0.1, -0.05) is 6.07 Å². The van der Waals surface area contributed by atoms with Crippen molar-refractivity contribution in [3.05, 3.63) is 73.4 Å². The molecule has 0 saturated heterocycles. The third-order valence-electron chi connectivity index (χ3n) is 3.11. The molecule has 0 spiro atoms.